The fourth-order valence-corrected chi connectivity index (χ4v) is 0.985. The Morgan fingerprint density at radius 2 is 2.45 bits per heavy atom. The van der Waals surface area contributed by atoms with Gasteiger partial charge in [0.25, 0.3) is 0 Å². The normalized spacial score (nSPS) is 14.2. The van der Waals surface area contributed by atoms with E-state index in [1.807, 2.05) is 18.2 Å². The van der Waals surface area contributed by atoms with E-state index < -0.39 is 0 Å². The van der Waals surface area contributed by atoms with Gasteiger partial charge in [-0.05, 0) is 30.7 Å². The van der Waals surface area contributed by atoms with Gasteiger partial charge in [-0.1, -0.05) is 6.07 Å². The van der Waals surface area contributed by atoms with Gasteiger partial charge in [0.05, 0.1) is 0 Å². The van der Waals surface area contributed by atoms with Crippen molar-refractivity contribution in [2.24, 2.45) is 0 Å². The standard InChI is InChI=1S/C9H7O2/c1-2-6-9-8(4-1)5-3-7-10-11-9/h2-4,6-7H,5H2. The van der Waals surface area contributed by atoms with Crippen LogP contribution in [0.5, 0.6) is 5.75 Å². The van der Waals surface area contributed by atoms with Crippen molar-refractivity contribution in [1.82, 2.24) is 0 Å². The third-order valence-corrected chi connectivity index (χ3v) is 1.53. The predicted molar refractivity (Wildman–Crippen MR) is 39.8 cm³/mol. The van der Waals surface area contributed by atoms with Crippen LogP contribution < -0.4 is 4.89 Å². The maximum atomic E-state index is 4.94. The van der Waals surface area contributed by atoms with Gasteiger partial charge >= 0.3 is 0 Å². The van der Waals surface area contributed by atoms with Crippen molar-refractivity contribution in [1.29, 1.82) is 0 Å². The molecular weight excluding hydrogens is 140 g/mol. The number of rotatable bonds is 0. The molecule has 2 heteroatoms. The van der Waals surface area contributed by atoms with Gasteiger partial charge in [-0.3, -0.25) is 9.78 Å². The summed E-state index contributed by atoms with van der Waals surface area (Å²) in [7, 11) is 0. The highest BCUT2D eigenvalue weighted by Crippen LogP contribution is 2.20. The topological polar surface area (TPSA) is 18.5 Å². The molecule has 1 aliphatic heterocycles. The Labute approximate surface area is 65.0 Å². The molecule has 0 spiro atoms. The highest BCUT2D eigenvalue weighted by Gasteiger charge is 2.04. The predicted octanol–water partition coefficient (Wildman–Crippen LogP) is 1.87. The summed E-state index contributed by atoms with van der Waals surface area (Å²) in [6.07, 6.45) is 4.28. The molecule has 0 N–H and O–H groups in total. The Morgan fingerprint density at radius 1 is 1.45 bits per heavy atom. The smallest absolute Gasteiger partial charge is 0.182 e. The van der Waals surface area contributed by atoms with E-state index in [2.05, 4.69) is 6.07 Å². The molecule has 2 nitrogen and oxygen atoms in total. The maximum absolute atomic E-state index is 4.94. The van der Waals surface area contributed by atoms with Gasteiger partial charge in [0.15, 0.2) is 5.75 Å². The lowest BCUT2D eigenvalue weighted by molar-refractivity contribution is -0.148. The third kappa shape index (κ3) is 1.19. The summed E-state index contributed by atoms with van der Waals surface area (Å²) in [4.78, 5) is 9.67. The van der Waals surface area contributed by atoms with Crippen LogP contribution in [-0.4, -0.2) is 0 Å². The van der Waals surface area contributed by atoms with Gasteiger partial charge in [0.2, 0.25) is 0 Å². The van der Waals surface area contributed by atoms with Gasteiger partial charge in [0.1, 0.15) is 6.26 Å². The molecule has 0 amide bonds. The van der Waals surface area contributed by atoms with E-state index >= 15 is 0 Å². The summed E-state index contributed by atoms with van der Waals surface area (Å²) in [5.41, 5.74) is 1.10. The van der Waals surface area contributed by atoms with Crippen molar-refractivity contribution in [3.8, 4) is 5.75 Å². The zero-order valence-corrected chi connectivity index (χ0v) is 5.91. The molecule has 0 aliphatic carbocycles. The number of allylic oxidation sites excluding steroid dienone is 1. The molecule has 55 valence electrons. The van der Waals surface area contributed by atoms with Crippen LogP contribution in [0.3, 0.4) is 0 Å². The lowest BCUT2D eigenvalue weighted by atomic mass is 10.1. The molecule has 1 aromatic carbocycles. The van der Waals surface area contributed by atoms with Gasteiger partial charge in [-0.2, -0.15) is 0 Å². The Hall–Kier alpha value is -1.44. The third-order valence-electron chi connectivity index (χ3n) is 1.53. The minimum absolute atomic E-state index is 0.772. The quantitative estimate of drug-likeness (QED) is 0.521. The Morgan fingerprint density at radius 3 is 3.45 bits per heavy atom. The number of fused-ring (bicyclic) bond motifs is 1. The highest BCUT2D eigenvalue weighted by atomic mass is 17.2. The molecule has 1 heterocycles. The zero-order valence-electron chi connectivity index (χ0n) is 5.91. The monoisotopic (exact) mass is 147 g/mol. The molecule has 0 saturated heterocycles. The average Bonchev–Trinajstić information content (AvgIpc) is 2.28. The molecule has 1 aliphatic rings. The van der Waals surface area contributed by atoms with Crippen molar-refractivity contribution in [2.45, 2.75) is 6.42 Å². The Bertz CT molecular complexity index is 279. The largest absolute Gasteiger partial charge is 0.298 e. The van der Waals surface area contributed by atoms with Crippen molar-refractivity contribution >= 4 is 0 Å². The van der Waals surface area contributed by atoms with Crippen LogP contribution in [-0.2, 0) is 11.3 Å². The van der Waals surface area contributed by atoms with Crippen molar-refractivity contribution in [3.05, 3.63) is 42.2 Å². The first kappa shape index (κ1) is 6.28. The maximum Gasteiger partial charge on any atom is 0.182 e. The molecular formula is C9H7O2. The molecule has 2 rings (SSSR count). The second kappa shape index (κ2) is 2.66. The van der Waals surface area contributed by atoms with Crippen LogP contribution in [0.15, 0.2) is 30.5 Å². The van der Waals surface area contributed by atoms with Crippen molar-refractivity contribution in [2.75, 3.05) is 0 Å². The minimum atomic E-state index is 0.772. The second-order valence-corrected chi connectivity index (χ2v) is 2.29. The van der Waals surface area contributed by atoms with Gasteiger partial charge in [0, 0.05) is 5.56 Å². The van der Waals surface area contributed by atoms with E-state index in [0.29, 0.717) is 0 Å². The summed E-state index contributed by atoms with van der Waals surface area (Å²) in [6, 6.07) is 8.51. The molecule has 11 heavy (non-hydrogen) atoms. The molecule has 0 saturated carbocycles. The van der Waals surface area contributed by atoms with Crippen LogP contribution in [0, 0.1) is 6.07 Å². The number of hydrogen-bond donors (Lipinski definition) is 0. The van der Waals surface area contributed by atoms with Crippen LogP contribution >= 0.6 is 0 Å². The Balaban J connectivity index is 2.40. The molecule has 0 atom stereocenters. The second-order valence-electron chi connectivity index (χ2n) is 2.29. The van der Waals surface area contributed by atoms with Crippen molar-refractivity contribution in [3.63, 3.8) is 0 Å². The summed E-state index contributed by atoms with van der Waals surface area (Å²) < 4.78 is 0. The number of hydrogen-bond acceptors (Lipinski definition) is 2. The van der Waals surface area contributed by atoms with Crippen LogP contribution in [0.2, 0.25) is 0 Å². The fraction of sp³-hybridized carbons (Fsp3) is 0.111. The first-order valence-corrected chi connectivity index (χ1v) is 3.44. The SMILES string of the molecule is [c]1ccc2c(c1)CC=COO2. The van der Waals surface area contributed by atoms with Gasteiger partial charge in [-0.25, -0.2) is 0 Å². The van der Waals surface area contributed by atoms with E-state index in [4.69, 9.17) is 9.78 Å². The molecule has 0 fully saturated rings. The van der Waals surface area contributed by atoms with E-state index in [9.17, 15) is 0 Å². The molecule has 1 aromatic rings. The highest BCUT2D eigenvalue weighted by molar-refractivity contribution is 5.34. The molecule has 0 aromatic heterocycles. The number of benzene rings is 1. The van der Waals surface area contributed by atoms with E-state index in [1.54, 1.807) is 12.3 Å². The minimum Gasteiger partial charge on any atom is -0.298 e. The average molecular weight is 147 g/mol. The van der Waals surface area contributed by atoms with Crippen LogP contribution in [0.1, 0.15) is 5.56 Å². The fourth-order valence-electron chi connectivity index (χ4n) is 0.985. The first-order chi connectivity index (χ1) is 5.47. The van der Waals surface area contributed by atoms with Gasteiger partial charge in [-0.15, -0.1) is 0 Å². The molecule has 1 radical (unpaired) electrons. The first-order valence-electron chi connectivity index (χ1n) is 3.44. The Kier molecular flexibility index (Phi) is 1.52. The van der Waals surface area contributed by atoms with E-state index in [-0.39, 0.29) is 0 Å². The van der Waals surface area contributed by atoms with E-state index in [1.165, 1.54) is 0 Å². The summed E-state index contributed by atoms with van der Waals surface area (Å²) in [5.74, 6) is 0.772. The lowest BCUT2D eigenvalue weighted by Crippen LogP contribution is -1.90. The molecule has 0 unspecified atom stereocenters. The zero-order chi connectivity index (χ0) is 7.52. The lowest BCUT2D eigenvalue weighted by Gasteiger charge is -2.01. The van der Waals surface area contributed by atoms with Crippen molar-refractivity contribution < 1.29 is 9.78 Å². The summed E-state index contributed by atoms with van der Waals surface area (Å²) in [6.45, 7) is 0. The molecule has 0 bridgehead atoms. The van der Waals surface area contributed by atoms with Gasteiger partial charge < -0.3 is 0 Å². The van der Waals surface area contributed by atoms with Crippen LogP contribution in [0.4, 0.5) is 0 Å². The summed E-state index contributed by atoms with van der Waals surface area (Å²) >= 11 is 0. The summed E-state index contributed by atoms with van der Waals surface area (Å²) in [5, 5.41) is 0. The van der Waals surface area contributed by atoms with Crippen LogP contribution in [0.25, 0.3) is 0 Å². The van der Waals surface area contributed by atoms with E-state index in [0.717, 1.165) is 17.7 Å².